The zero-order chi connectivity index (χ0) is 13.0. The second-order valence-electron chi connectivity index (χ2n) is 4.32. The summed E-state index contributed by atoms with van der Waals surface area (Å²) in [4.78, 5) is 0. The van der Waals surface area contributed by atoms with Crippen LogP contribution in [0.3, 0.4) is 0 Å². The highest BCUT2D eigenvalue weighted by atomic mass is 35.5. The average Bonchev–Trinajstić information content (AvgIpc) is 2.37. The summed E-state index contributed by atoms with van der Waals surface area (Å²) in [5, 5.41) is 13.5. The van der Waals surface area contributed by atoms with Crippen LogP contribution in [0.2, 0.25) is 5.02 Å². The van der Waals surface area contributed by atoms with Crippen molar-refractivity contribution in [2.24, 2.45) is 0 Å². The first-order valence-corrected chi connectivity index (χ1v) is 6.30. The summed E-state index contributed by atoms with van der Waals surface area (Å²) in [6.45, 7) is 2.82. The van der Waals surface area contributed by atoms with Gasteiger partial charge >= 0.3 is 0 Å². The first-order valence-electron chi connectivity index (χ1n) is 5.92. The van der Waals surface area contributed by atoms with E-state index in [0.717, 1.165) is 17.1 Å². The Morgan fingerprint density at radius 3 is 2.56 bits per heavy atom. The Morgan fingerprint density at radius 1 is 1.17 bits per heavy atom. The van der Waals surface area contributed by atoms with Crippen LogP contribution in [0.1, 0.15) is 24.1 Å². The maximum Gasteiger partial charge on any atom is 0.115 e. The number of hydrogen-bond acceptors (Lipinski definition) is 2. The van der Waals surface area contributed by atoms with Crippen molar-refractivity contribution in [1.82, 2.24) is 5.32 Å². The molecule has 0 saturated heterocycles. The quantitative estimate of drug-likeness (QED) is 0.875. The van der Waals surface area contributed by atoms with E-state index in [1.54, 1.807) is 12.1 Å². The van der Waals surface area contributed by atoms with Gasteiger partial charge in [-0.3, -0.25) is 0 Å². The van der Waals surface area contributed by atoms with Crippen molar-refractivity contribution in [2.45, 2.75) is 19.5 Å². The lowest BCUT2D eigenvalue weighted by atomic mass is 10.1. The highest BCUT2D eigenvalue weighted by Crippen LogP contribution is 2.17. The standard InChI is InChI=1S/C15H16ClNO/c1-11(13-5-7-14(16)8-6-13)17-10-12-3-2-4-15(18)9-12/h2-9,11,17-18H,10H2,1H3/t11-/m1/s1. The minimum Gasteiger partial charge on any atom is -0.508 e. The Hall–Kier alpha value is -1.51. The number of rotatable bonds is 4. The molecule has 0 spiro atoms. The van der Waals surface area contributed by atoms with Crippen molar-refractivity contribution in [1.29, 1.82) is 0 Å². The monoisotopic (exact) mass is 261 g/mol. The molecule has 18 heavy (non-hydrogen) atoms. The van der Waals surface area contributed by atoms with E-state index in [2.05, 4.69) is 12.2 Å². The molecule has 0 bridgehead atoms. The average molecular weight is 262 g/mol. The van der Waals surface area contributed by atoms with Crippen molar-refractivity contribution < 1.29 is 5.11 Å². The summed E-state index contributed by atoms with van der Waals surface area (Å²) >= 11 is 5.86. The highest BCUT2D eigenvalue weighted by Gasteiger charge is 2.04. The molecule has 0 aliphatic carbocycles. The van der Waals surface area contributed by atoms with Gasteiger partial charge in [0, 0.05) is 17.6 Å². The third-order valence-electron chi connectivity index (χ3n) is 2.89. The molecular formula is C15H16ClNO. The molecular weight excluding hydrogens is 246 g/mol. The van der Waals surface area contributed by atoms with Crippen molar-refractivity contribution in [3.63, 3.8) is 0 Å². The van der Waals surface area contributed by atoms with E-state index in [-0.39, 0.29) is 6.04 Å². The molecule has 0 fully saturated rings. The number of hydrogen-bond donors (Lipinski definition) is 2. The Kier molecular flexibility index (Phi) is 4.24. The molecule has 1 atom stereocenters. The fourth-order valence-corrected chi connectivity index (χ4v) is 1.93. The fraction of sp³-hybridized carbons (Fsp3) is 0.200. The van der Waals surface area contributed by atoms with Gasteiger partial charge < -0.3 is 10.4 Å². The molecule has 2 aromatic carbocycles. The van der Waals surface area contributed by atoms with Crippen LogP contribution in [0.5, 0.6) is 5.75 Å². The van der Waals surface area contributed by atoms with Gasteiger partial charge in [-0.25, -0.2) is 0 Å². The Bertz CT molecular complexity index is 510. The largest absolute Gasteiger partial charge is 0.508 e. The maximum absolute atomic E-state index is 9.38. The summed E-state index contributed by atoms with van der Waals surface area (Å²) in [7, 11) is 0. The summed E-state index contributed by atoms with van der Waals surface area (Å²) < 4.78 is 0. The molecule has 2 aromatic rings. The van der Waals surface area contributed by atoms with Gasteiger partial charge in [0.2, 0.25) is 0 Å². The summed E-state index contributed by atoms with van der Waals surface area (Å²) in [6, 6.07) is 15.3. The van der Waals surface area contributed by atoms with E-state index in [4.69, 9.17) is 11.6 Å². The van der Waals surface area contributed by atoms with Gasteiger partial charge in [0.05, 0.1) is 0 Å². The van der Waals surface area contributed by atoms with Crippen LogP contribution in [-0.2, 0) is 6.54 Å². The summed E-state index contributed by atoms with van der Waals surface area (Å²) in [5.41, 5.74) is 2.26. The molecule has 0 aliphatic heterocycles. The Balaban J connectivity index is 1.96. The van der Waals surface area contributed by atoms with Gasteiger partial charge in [-0.05, 0) is 42.3 Å². The Labute approximate surface area is 112 Å². The van der Waals surface area contributed by atoms with Crippen LogP contribution < -0.4 is 5.32 Å². The van der Waals surface area contributed by atoms with Crippen molar-refractivity contribution >= 4 is 11.6 Å². The van der Waals surface area contributed by atoms with E-state index in [1.807, 2.05) is 36.4 Å². The number of halogens is 1. The molecule has 2 N–H and O–H groups in total. The molecule has 2 nitrogen and oxygen atoms in total. The lowest BCUT2D eigenvalue weighted by Crippen LogP contribution is -2.17. The molecule has 0 saturated carbocycles. The van der Waals surface area contributed by atoms with Gasteiger partial charge in [0.25, 0.3) is 0 Å². The predicted octanol–water partition coefficient (Wildman–Crippen LogP) is 3.90. The normalized spacial score (nSPS) is 12.3. The number of nitrogens with one attached hydrogen (secondary N) is 1. The highest BCUT2D eigenvalue weighted by molar-refractivity contribution is 6.30. The zero-order valence-corrected chi connectivity index (χ0v) is 11.0. The fourth-order valence-electron chi connectivity index (χ4n) is 1.81. The molecule has 2 rings (SSSR count). The lowest BCUT2D eigenvalue weighted by Gasteiger charge is -2.14. The number of phenolic OH excluding ortho intramolecular Hbond substituents is 1. The van der Waals surface area contributed by atoms with Crippen LogP contribution in [0.25, 0.3) is 0 Å². The first kappa shape index (κ1) is 12.9. The number of phenols is 1. The van der Waals surface area contributed by atoms with Crippen molar-refractivity contribution in [3.8, 4) is 5.75 Å². The van der Waals surface area contributed by atoms with Gasteiger partial charge in [0.15, 0.2) is 0 Å². The van der Waals surface area contributed by atoms with Crippen LogP contribution in [0, 0.1) is 0 Å². The minimum atomic E-state index is 0.240. The van der Waals surface area contributed by atoms with Crippen molar-refractivity contribution in [2.75, 3.05) is 0 Å². The van der Waals surface area contributed by atoms with Gasteiger partial charge in [-0.1, -0.05) is 35.9 Å². The number of aromatic hydroxyl groups is 1. The van der Waals surface area contributed by atoms with E-state index in [0.29, 0.717) is 5.75 Å². The lowest BCUT2D eigenvalue weighted by molar-refractivity contribution is 0.473. The molecule has 0 aliphatic rings. The Morgan fingerprint density at radius 2 is 1.89 bits per heavy atom. The SMILES string of the molecule is C[C@@H](NCc1cccc(O)c1)c1ccc(Cl)cc1. The van der Waals surface area contributed by atoms with E-state index < -0.39 is 0 Å². The third-order valence-corrected chi connectivity index (χ3v) is 3.14. The summed E-state index contributed by atoms with van der Waals surface area (Å²) in [5.74, 6) is 0.299. The van der Waals surface area contributed by atoms with Gasteiger partial charge in [0.1, 0.15) is 5.75 Å². The van der Waals surface area contributed by atoms with E-state index >= 15 is 0 Å². The molecule has 94 valence electrons. The number of benzene rings is 2. The molecule has 0 unspecified atom stereocenters. The zero-order valence-electron chi connectivity index (χ0n) is 10.2. The van der Waals surface area contributed by atoms with Crippen LogP contribution in [0.4, 0.5) is 0 Å². The third kappa shape index (κ3) is 3.49. The first-order chi connectivity index (χ1) is 8.65. The van der Waals surface area contributed by atoms with Crippen LogP contribution >= 0.6 is 11.6 Å². The molecule has 0 amide bonds. The smallest absolute Gasteiger partial charge is 0.115 e. The topological polar surface area (TPSA) is 32.3 Å². The molecule has 0 heterocycles. The molecule has 3 heteroatoms. The molecule has 0 radical (unpaired) electrons. The van der Waals surface area contributed by atoms with Gasteiger partial charge in [-0.2, -0.15) is 0 Å². The predicted molar refractivity (Wildman–Crippen MR) is 74.8 cm³/mol. The van der Waals surface area contributed by atoms with Crippen LogP contribution in [-0.4, -0.2) is 5.11 Å². The van der Waals surface area contributed by atoms with E-state index in [1.165, 1.54) is 5.56 Å². The minimum absolute atomic E-state index is 0.240. The summed E-state index contributed by atoms with van der Waals surface area (Å²) in [6.07, 6.45) is 0. The second kappa shape index (κ2) is 5.89. The van der Waals surface area contributed by atoms with Gasteiger partial charge in [-0.15, -0.1) is 0 Å². The maximum atomic E-state index is 9.38. The van der Waals surface area contributed by atoms with Crippen LogP contribution in [0.15, 0.2) is 48.5 Å². The van der Waals surface area contributed by atoms with Crippen molar-refractivity contribution in [3.05, 3.63) is 64.7 Å². The van der Waals surface area contributed by atoms with E-state index in [9.17, 15) is 5.11 Å². The molecule has 0 aromatic heterocycles. The second-order valence-corrected chi connectivity index (χ2v) is 4.76.